The van der Waals surface area contributed by atoms with Crippen molar-refractivity contribution >= 4 is 34.9 Å². The van der Waals surface area contributed by atoms with Crippen molar-refractivity contribution in [3.8, 4) is 5.69 Å². The molecular formula is C16H19Cl2N3O. The molecular weight excluding hydrogens is 321 g/mol. The first-order valence-corrected chi connectivity index (χ1v) is 7.83. The van der Waals surface area contributed by atoms with Gasteiger partial charge in [-0.3, -0.25) is 4.79 Å². The summed E-state index contributed by atoms with van der Waals surface area (Å²) < 4.78 is 1.63. The number of benzene rings is 1. The largest absolute Gasteiger partial charge is 0.311 e. The summed E-state index contributed by atoms with van der Waals surface area (Å²) in [5.41, 5.74) is 1.34. The molecule has 2 rings (SSSR count). The molecule has 0 fully saturated rings. The minimum Gasteiger partial charge on any atom is -0.311 e. The van der Waals surface area contributed by atoms with E-state index in [9.17, 15) is 4.79 Å². The Morgan fingerprint density at radius 3 is 2.55 bits per heavy atom. The van der Waals surface area contributed by atoms with Gasteiger partial charge in [0, 0.05) is 22.9 Å². The minimum atomic E-state index is -0.151. The molecule has 1 N–H and O–H groups in total. The Morgan fingerprint density at radius 1 is 1.27 bits per heavy atom. The van der Waals surface area contributed by atoms with Crippen molar-refractivity contribution in [2.45, 2.75) is 39.5 Å². The lowest BCUT2D eigenvalue weighted by Crippen LogP contribution is -2.14. The number of anilines is 1. The quantitative estimate of drug-likeness (QED) is 0.870. The third-order valence-electron chi connectivity index (χ3n) is 3.20. The van der Waals surface area contributed by atoms with Gasteiger partial charge in [0.25, 0.3) is 0 Å². The molecule has 1 amide bonds. The average molecular weight is 340 g/mol. The maximum Gasteiger partial charge on any atom is 0.225 e. The van der Waals surface area contributed by atoms with Gasteiger partial charge in [-0.15, -0.1) is 0 Å². The number of hydrogen-bond acceptors (Lipinski definition) is 2. The molecule has 0 radical (unpaired) electrons. The van der Waals surface area contributed by atoms with E-state index in [1.807, 2.05) is 6.07 Å². The highest BCUT2D eigenvalue weighted by Gasteiger charge is 2.22. The fourth-order valence-electron chi connectivity index (χ4n) is 1.90. The summed E-state index contributed by atoms with van der Waals surface area (Å²) in [5.74, 6) is 0.501. The topological polar surface area (TPSA) is 46.9 Å². The monoisotopic (exact) mass is 339 g/mol. The fourth-order valence-corrected chi connectivity index (χ4v) is 2.26. The molecule has 0 aliphatic heterocycles. The molecule has 118 valence electrons. The number of halogens is 2. The zero-order valence-electron chi connectivity index (χ0n) is 13.1. The first kappa shape index (κ1) is 16.8. The van der Waals surface area contributed by atoms with Crippen molar-refractivity contribution in [2.24, 2.45) is 0 Å². The van der Waals surface area contributed by atoms with Gasteiger partial charge in [0.15, 0.2) is 0 Å². The highest BCUT2D eigenvalue weighted by molar-refractivity contribution is 6.34. The van der Waals surface area contributed by atoms with Gasteiger partial charge in [-0.1, -0.05) is 50.9 Å². The molecule has 0 bridgehead atoms. The van der Waals surface area contributed by atoms with Gasteiger partial charge < -0.3 is 5.32 Å². The predicted molar refractivity (Wildman–Crippen MR) is 91.2 cm³/mol. The van der Waals surface area contributed by atoms with Crippen molar-refractivity contribution < 1.29 is 4.79 Å². The average Bonchev–Trinajstić information content (AvgIpc) is 2.85. The van der Waals surface area contributed by atoms with Crippen LogP contribution in [0.5, 0.6) is 0 Å². The molecule has 0 atom stereocenters. The number of nitrogens with zero attached hydrogens (tertiary/aromatic N) is 2. The first-order valence-electron chi connectivity index (χ1n) is 7.08. The van der Waals surface area contributed by atoms with E-state index >= 15 is 0 Å². The highest BCUT2D eigenvalue weighted by Crippen LogP contribution is 2.30. The van der Waals surface area contributed by atoms with Crippen LogP contribution >= 0.6 is 23.2 Å². The summed E-state index contributed by atoms with van der Waals surface area (Å²) in [4.78, 5) is 11.8. The van der Waals surface area contributed by atoms with Gasteiger partial charge >= 0.3 is 0 Å². The van der Waals surface area contributed by atoms with Crippen LogP contribution in [0.4, 0.5) is 5.82 Å². The van der Waals surface area contributed by atoms with Crippen molar-refractivity contribution in [3.05, 3.63) is 40.0 Å². The van der Waals surface area contributed by atoms with E-state index < -0.39 is 0 Å². The lowest BCUT2D eigenvalue weighted by Gasteiger charge is -2.14. The Balaban J connectivity index is 2.59. The second-order valence-corrected chi connectivity index (χ2v) is 6.92. The molecule has 4 nitrogen and oxygen atoms in total. The fraction of sp³-hybridized carbons (Fsp3) is 0.375. The van der Waals surface area contributed by atoms with E-state index in [4.69, 9.17) is 23.2 Å². The van der Waals surface area contributed by atoms with Gasteiger partial charge in [0.1, 0.15) is 5.82 Å². The van der Waals surface area contributed by atoms with E-state index in [1.54, 1.807) is 29.8 Å². The zero-order valence-corrected chi connectivity index (χ0v) is 14.6. The molecule has 1 heterocycles. The molecule has 1 aromatic carbocycles. The number of amides is 1. The lowest BCUT2D eigenvalue weighted by atomic mass is 9.92. The molecule has 1 aromatic heterocycles. The van der Waals surface area contributed by atoms with Crippen LogP contribution in [0.2, 0.25) is 10.0 Å². The Hall–Kier alpha value is -1.52. The molecule has 6 heteroatoms. The van der Waals surface area contributed by atoms with Crippen LogP contribution in [-0.2, 0) is 10.2 Å². The molecule has 0 aliphatic carbocycles. The summed E-state index contributed by atoms with van der Waals surface area (Å²) in [6.45, 7) is 7.98. The Morgan fingerprint density at radius 2 is 1.95 bits per heavy atom. The molecule has 0 saturated carbocycles. The SMILES string of the molecule is CCC(=O)Nc1cc(C(C)(C)C)nn1-c1cc(Cl)ccc1Cl. The summed E-state index contributed by atoms with van der Waals surface area (Å²) in [6.07, 6.45) is 0.388. The van der Waals surface area contributed by atoms with Gasteiger partial charge in [-0.05, 0) is 18.2 Å². The number of rotatable bonds is 3. The Kier molecular flexibility index (Phi) is 4.83. The normalized spacial score (nSPS) is 11.5. The van der Waals surface area contributed by atoms with Gasteiger partial charge in [-0.25, -0.2) is 4.68 Å². The van der Waals surface area contributed by atoms with Crippen LogP contribution in [-0.4, -0.2) is 15.7 Å². The van der Waals surface area contributed by atoms with Gasteiger partial charge in [-0.2, -0.15) is 5.10 Å². The van der Waals surface area contributed by atoms with E-state index in [-0.39, 0.29) is 11.3 Å². The van der Waals surface area contributed by atoms with E-state index in [2.05, 4.69) is 31.2 Å². The standard InChI is InChI=1S/C16H19Cl2N3O/c1-5-15(22)19-14-9-13(16(2,3)4)20-21(14)12-8-10(17)6-7-11(12)18/h6-9H,5H2,1-4H3,(H,19,22). The van der Waals surface area contributed by atoms with Crippen LogP contribution in [0.25, 0.3) is 5.69 Å². The minimum absolute atomic E-state index is 0.0836. The summed E-state index contributed by atoms with van der Waals surface area (Å²) >= 11 is 12.3. The number of hydrogen-bond donors (Lipinski definition) is 1. The second-order valence-electron chi connectivity index (χ2n) is 6.07. The maximum atomic E-state index is 11.8. The maximum absolute atomic E-state index is 11.8. The third kappa shape index (κ3) is 3.62. The summed E-state index contributed by atoms with van der Waals surface area (Å²) in [6, 6.07) is 7.02. The third-order valence-corrected chi connectivity index (χ3v) is 3.76. The van der Waals surface area contributed by atoms with Gasteiger partial charge in [0.2, 0.25) is 5.91 Å². The molecule has 0 aliphatic rings. The summed E-state index contributed by atoms with van der Waals surface area (Å²) in [7, 11) is 0. The van der Waals surface area contributed by atoms with E-state index in [1.165, 1.54) is 0 Å². The van der Waals surface area contributed by atoms with E-state index in [0.29, 0.717) is 28.0 Å². The van der Waals surface area contributed by atoms with Crippen LogP contribution in [0.15, 0.2) is 24.3 Å². The van der Waals surface area contributed by atoms with Crippen LogP contribution in [0, 0.1) is 0 Å². The highest BCUT2D eigenvalue weighted by atomic mass is 35.5. The smallest absolute Gasteiger partial charge is 0.225 e. The summed E-state index contributed by atoms with van der Waals surface area (Å²) in [5, 5.41) is 8.53. The second kappa shape index (κ2) is 6.31. The number of carbonyl (C=O) groups excluding carboxylic acids is 1. The van der Waals surface area contributed by atoms with E-state index in [0.717, 1.165) is 5.69 Å². The molecule has 0 unspecified atom stereocenters. The predicted octanol–water partition coefficient (Wildman–Crippen LogP) is 4.83. The molecule has 0 spiro atoms. The number of nitrogens with one attached hydrogen (secondary N) is 1. The van der Waals surface area contributed by atoms with Gasteiger partial charge in [0.05, 0.1) is 16.4 Å². The first-order chi connectivity index (χ1) is 10.2. The van der Waals surface area contributed by atoms with Crippen molar-refractivity contribution in [3.63, 3.8) is 0 Å². The number of aromatic nitrogens is 2. The number of carbonyl (C=O) groups is 1. The Labute approximate surface area is 140 Å². The molecule has 22 heavy (non-hydrogen) atoms. The van der Waals surface area contributed by atoms with Crippen LogP contribution < -0.4 is 5.32 Å². The van der Waals surface area contributed by atoms with Crippen LogP contribution in [0.3, 0.4) is 0 Å². The van der Waals surface area contributed by atoms with Crippen molar-refractivity contribution in [2.75, 3.05) is 5.32 Å². The lowest BCUT2D eigenvalue weighted by molar-refractivity contribution is -0.115. The van der Waals surface area contributed by atoms with Crippen LogP contribution in [0.1, 0.15) is 39.8 Å². The molecule has 0 saturated heterocycles. The Bertz CT molecular complexity index is 702. The van der Waals surface area contributed by atoms with Crippen molar-refractivity contribution in [1.82, 2.24) is 9.78 Å². The van der Waals surface area contributed by atoms with Crippen molar-refractivity contribution in [1.29, 1.82) is 0 Å². The molecule has 2 aromatic rings. The zero-order chi connectivity index (χ0) is 16.5.